The van der Waals surface area contributed by atoms with Crippen molar-refractivity contribution in [3.8, 4) is 16.9 Å². The lowest BCUT2D eigenvalue weighted by Crippen LogP contribution is -2.43. The summed E-state index contributed by atoms with van der Waals surface area (Å²) in [6.45, 7) is 9.86. The van der Waals surface area contributed by atoms with E-state index in [-0.39, 0.29) is 30.3 Å². The van der Waals surface area contributed by atoms with Gasteiger partial charge in [-0.3, -0.25) is 19.5 Å². The molecule has 1 aromatic heterocycles. The molecule has 0 aliphatic rings. The maximum atomic E-state index is 13.0. The molecule has 0 saturated heterocycles. The van der Waals surface area contributed by atoms with Crippen LogP contribution in [0.15, 0.2) is 60.8 Å². The highest BCUT2D eigenvalue weighted by Gasteiger charge is 2.22. The summed E-state index contributed by atoms with van der Waals surface area (Å²) in [6, 6.07) is 17.8. The lowest BCUT2D eigenvalue weighted by Gasteiger charge is -2.27. The molecule has 3 rings (SSSR count). The summed E-state index contributed by atoms with van der Waals surface area (Å²) in [6.07, 6.45) is 2.34. The molecule has 168 valence electrons. The van der Waals surface area contributed by atoms with Crippen molar-refractivity contribution in [2.75, 3.05) is 11.9 Å². The number of carbonyl (C=O) groups is 2. The van der Waals surface area contributed by atoms with Crippen LogP contribution in [0, 0.1) is 12.8 Å². The molecule has 0 saturated carbocycles. The standard InChI is InChI=1S/C26H32N4O2/c1-18(2)14-25(32)29(19(3)4)17-24(31)28-26-27-23(21-11-7-6-8-12-21)16-30(26)22-13-9-10-20(5)15-22/h6-13,15-16,18-19H,14,17H2,1-5H3,(H,27,28,31). The second-order valence-corrected chi connectivity index (χ2v) is 8.79. The number of hydrogen-bond acceptors (Lipinski definition) is 3. The largest absolute Gasteiger partial charge is 0.331 e. The molecular weight excluding hydrogens is 400 g/mol. The number of nitrogens with one attached hydrogen (secondary N) is 1. The minimum Gasteiger partial charge on any atom is -0.331 e. The van der Waals surface area contributed by atoms with Crippen molar-refractivity contribution in [3.05, 3.63) is 66.4 Å². The van der Waals surface area contributed by atoms with E-state index in [2.05, 4.69) is 5.32 Å². The summed E-state index contributed by atoms with van der Waals surface area (Å²) in [7, 11) is 0. The Bertz CT molecular complexity index is 1070. The normalized spacial score (nSPS) is 11.1. The first-order chi connectivity index (χ1) is 15.2. The minimum atomic E-state index is -0.269. The predicted molar refractivity (Wildman–Crippen MR) is 129 cm³/mol. The molecule has 3 aromatic rings. The van der Waals surface area contributed by atoms with E-state index in [4.69, 9.17) is 4.98 Å². The monoisotopic (exact) mass is 432 g/mol. The highest BCUT2D eigenvalue weighted by Crippen LogP contribution is 2.24. The minimum absolute atomic E-state index is 0.00936. The first kappa shape index (κ1) is 23.3. The summed E-state index contributed by atoms with van der Waals surface area (Å²) in [4.78, 5) is 31.9. The van der Waals surface area contributed by atoms with Crippen molar-refractivity contribution in [2.45, 2.75) is 47.1 Å². The molecule has 0 spiro atoms. The van der Waals surface area contributed by atoms with Crippen molar-refractivity contribution in [2.24, 2.45) is 5.92 Å². The van der Waals surface area contributed by atoms with E-state index in [1.165, 1.54) is 0 Å². The van der Waals surface area contributed by atoms with E-state index in [9.17, 15) is 9.59 Å². The van der Waals surface area contributed by atoms with E-state index in [1.54, 1.807) is 4.90 Å². The van der Waals surface area contributed by atoms with Gasteiger partial charge in [0, 0.05) is 29.9 Å². The van der Waals surface area contributed by atoms with Crippen LogP contribution in [0.1, 0.15) is 39.7 Å². The van der Waals surface area contributed by atoms with Crippen molar-refractivity contribution < 1.29 is 9.59 Å². The van der Waals surface area contributed by atoms with Gasteiger partial charge < -0.3 is 4.90 Å². The van der Waals surface area contributed by atoms with Gasteiger partial charge in [-0.05, 0) is 44.4 Å². The molecule has 0 unspecified atom stereocenters. The average Bonchev–Trinajstić information content (AvgIpc) is 3.15. The van der Waals surface area contributed by atoms with Crippen molar-refractivity contribution in [3.63, 3.8) is 0 Å². The average molecular weight is 433 g/mol. The summed E-state index contributed by atoms with van der Waals surface area (Å²) in [5.41, 5.74) is 3.75. The first-order valence-corrected chi connectivity index (χ1v) is 11.1. The number of rotatable bonds is 8. The van der Waals surface area contributed by atoms with E-state index in [0.717, 1.165) is 22.5 Å². The zero-order valence-corrected chi connectivity index (χ0v) is 19.5. The van der Waals surface area contributed by atoms with Gasteiger partial charge in [0.1, 0.15) is 6.54 Å². The number of aryl methyl sites for hydroxylation is 1. The SMILES string of the molecule is Cc1cccc(-n2cc(-c3ccccc3)nc2NC(=O)CN(C(=O)CC(C)C)C(C)C)c1. The second kappa shape index (κ2) is 10.3. The van der Waals surface area contributed by atoms with Gasteiger partial charge in [-0.2, -0.15) is 0 Å². The van der Waals surface area contributed by atoms with Crippen LogP contribution >= 0.6 is 0 Å². The van der Waals surface area contributed by atoms with E-state index in [1.807, 2.05) is 100.0 Å². The van der Waals surface area contributed by atoms with Gasteiger partial charge in [0.25, 0.3) is 0 Å². The molecule has 0 radical (unpaired) electrons. The van der Waals surface area contributed by atoms with Crippen molar-refractivity contribution in [1.82, 2.24) is 14.5 Å². The molecular formula is C26H32N4O2. The number of imidazole rings is 1. The number of aromatic nitrogens is 2. The Hall–Kier alpha value is -3.41. The molecule has 0 aliphatic carbocycles. The van der Waals surface area contributed by atoms with Crippen LogP contribution in [0.4, 0.5) is 5.95 Å². The third kappa shape index (κ3) is 5.84. The highest BCUT2D eigenvalue weighted by atomic mass is 16.2. The molecule has 2 aromatic carbocycles. The quantitative estimate of drug-likeness (QED) is 0.540. The van der Waals surface area contributed by atoms with Gasteiger partial charge in [0.2, 0.25) is 17.8 Å². The Kier molecular flexibility index (Phi) is 7.46. The van der Waals surface area contributed by atoms with Gasteiger partial charge in [-0.15, -0.1) is 0 Å². The van der Waals surface area contributed by atoms with Crippen LogP contribution in [0.25, 0.3) is 16.9 Å². The Morgan fingerprint density at radius 2 is 1.75 bits per heavy atom. The van der Waals surface area contributed by atoms with Crippen LogP contribution in [0.3, 0.4) is 0 Å². The zero-order valence-electron chi connectivity index (χ0n) is 19.5. The van der Waals surface area contributed by atoms with E-state index < -0.39 is 0 Å². The fraction of sp³-hybridized carbons (Fsp3) is 0.346. The lowest BCUT2D eigenvalue weighted by molar-refractivity contribution is -0.137. The fourth-order valence-corrected chi connectivity index (χ4v) is 3.54. The molecule has 0 bridgehead atoms. The lowest BCUT2D eigenvalue weighted by atomic mass is 10.1. The van der Waals surface area contributed by atoms with Crippen LogP contribution in [0.2, 0.25) is 0 Å². The highest BCUT2D eigenvalue weighted by molar-refractivity contribution is 5.94. The molecule has 6 nitrogen and oxygen atoms in total. The third-order valence-corrected chi connectivity index (χ3v) is 5.15. The van der Waals surface area contributed by atoms with Crippen LogP contribution < -0.4 is 5.32 Å². The van der Waals surface area contributed by atoms with Crippen molar-refractivity contribution in [1.29, 1.82) is 0 Å². The number of amides is 2. The van der Waals surface area contributed by atoms with Crippen LogP contribution in [-0.4, -0.2) is 38.9 Å². The van der Waals surface area contributed by atoms with Gasteiger partial charge in [-0.25, -0.2) is 4.98 Å². The molecule has 1 heterocycles. The van der Waals surface area contributed by atoms with Gasteiger partial charge in [0.05, 0.1) is 5.69 Å². The number of benzene rings is 2. The maximum absolute atomic E-state index is 13.0. The first-order valence-electron chi connectivity index (χ1n) is 11.1. The Labute approximate surface area is 190 Å². The van der Waals surface area contributed by atoms with Crippen molar-refractivity contribution >= 4 is 17.8 Å². The molecule has 2 amide bonds. The molecule has 0 atom stereocenters. The summed E-state index contributed by atoms with van der Waals surface area (Å²) in [5.74, 6) is 0.381. The van der Waals surface area contributed by atoms with Gasteiger partial charge in [-0.1, -0.05) is 56.3 Å². The number of anilines is 1. The zero-order chi connectivity index (χ0) is 23.3. The molecule has 32 heavy (non-hydrogen) atoms. The van der Waals surface area contributed by atoms with E-state index >= 15 is 0 Å². The topological polar surface area (TPSA) is 67.2 Å². The number of carbonyl (C=O) groups excluding carboxylic acids is 2. The third-order valence-electron chi connectivity index (χ3n) is 5.15. The van der Waals surface area contributed by atoms with Crippen LogP contribution in [-0.2, 0) is 9.59 Å². The maximum Gasteiger partial charge on any atom is 0.246 e. The molecule has 6 heteroatoms. The predicted octanol–water partition coefficient (Wildman–Crippen LogP) is 5.07. The Morgan fingerprint density at radius 3 is 2.38 bits per heavy atom. The van der Waals surface area contributed by atoms with Crippen LogP contribution in [0.5, 0.6) is 0 Å². The second-order valence-electron chi connectivity index (χ2n) is 8.79. The van der Waals surface area contributed by atoms with Gasteiger partial charge in [0.15, 0.2) is 0 Å². The molecule has 0 fully saturated rings. The number of nitrogens with zero attached hydrogens (tertiary/aromatic N) is 3. The smallest absolute Gasteiger partial charge is 0.246 e. The summed E-state index contributed by atoms with van der Waals surface area (Å²) in [5, 5.41) is 2.93. The van der Waals surface area contributed by atoms with E-state index in [0.29, 0.717) is 12.4 Å². The molecule has 1 N–H and O–H groups in total. The fourth-order valence-electron chi connectivity index (χ4n) is 3.54. The summed E-state index contributed by atoms with van der Waals surface area (Å²) < 4.78 is 1.88. The summed E-state index contributed by atoms with van der Waals surface area (Å²) >= 11 is 0. The molecule has 0 aliphatic heterocycles. The van der Waals surface area contributed by atoms with Gasteiger partial charge >= 0.3 is 0 Å². The number of hydrogen-bond donors (Lipinski definition) is 1. The Morgan fingerprint density at radius 1 is 1.03 bits per heavy atom. The Balaban J connectivity index is 1.89.